The molecule has 0 bridgehead atoms. The third-order valence-corrected chi connectivity index (χ3v) is 4.91. The molecule has 3 aromatic carbocycles. The molecule has 146 valence electrons. The number of carbonyl (C=O) groups excluding carboxylic acids is 1. The number of nitrogens with one attached hydrogen (secondary N) is 1. The number of fused-ring (bicyclic) bond motifs is 1. The number of nitrogens with zero attached hydrogens (tertiary/aromatic N) is 1. The lowest BCUT2D eigenvalue weighted by molar-refractivity contribution is 0.102. The number of carbonyl (C=O) groups is 1. The number of hydrogen-bond acceptors (Lipinski definition) is 4. The molecule has 4 rings (SSSR count). The largest absolute Gasteiger partial charge is 0.496 e. The van der Waals surface area contributed by atoms with Gasteiger partial charge in [-0.15, -0.1) is 0 Å². The van der Waals surface area contributed by atoms with Gasteiger partial charge in [-0.3, -0.25) is 4.79 Å². The third-order valence-electron chi connectivity index (χ3n) is 4.91. The maximum atomic E-state index is 12.7. The van der Waals surface area contributed by atoms with E-state index in [4.69, 9.17) is 9.15 Å². The first-order chi connectivity index (χ1) is 14.1. The molecule has 1 aromatic heterocycles. The summed E-state index contributed by atoms with van der Waals surface area (Å²) in [6, 6.07) is 19.0. The molecule has 0 aliphatic heterocycles. The van der Waals surface area contributed by atoms with Crippen LogP contribution in [-0.2, 0) is 6.42 Å². The van der Waals surface area contributed by atoms with Gasteiger partial charge in [-0.1, -0.05) is 25.1 Å². The highest BCUT2D eigenvalue weighted by Gasteiger charge is 2.14. The third kappa shape index (κ3) is 3.72. The van der Waals surface area contributed by atoms with Gasteiger partial charge >= 0.3 is 0 Å². The number of aromatic nitrogens is 1. The molecule has 0 unspecified atom stereocenters. The monoisotopic (exact) mass is 386 g/mol. The van der Waals surface area contributed by atoms with Gasteiger partial charge in [-0.05, 0) is 66.9 Å². The smallest absolute Gasteiger partial charge is 0.259 e. The minimum Gasteiger partial charge on any atom is -0.496 e. The Morgan fingerprint density at radius 3 is 2.62 bits per heavy atom. The molecule has 0 saturated carbocycles. The van der Waals surface area contributed by atoms with Gasteiger partial charge in [0.25, 0.3) is 5.91 Å². The van der Waals surface area contributed by atoms with Crippen molar-refractivity contribution < 1.29 is 13.9 Å². The quantitative estimate of drug-likeness (QED) is 0.483. The van der Waals surface area contributed by atoms with Crippen molar-refractivity contribution in [1.29, 1.82) is 0 Å². The Balaban J connectivity index is 1.55. The van der Waals surface area contributed by atoms with Gasteiger partial charge in [-0.2, -0.15) is 0 Å². The van der Waals surface area contributed by atoms with E-state index in [9.17, 15) is 4.79 Å². The summed E-state index contributed by atoms with van der Waals surface area (Å²) in [5.74, 6) is 0.929. The number of anilines is 1. The molecule has 29 heavy (non-hydrogen) atoms. The van der Waals surface area contributed by atoms with Crippen LogP contribution in [0, 0.1) is 6.92 Å². The second-order valence-corrected chi connectivity index (χ2v) is 6.86. The molecule has 0 spiro atoms. The number of aryl methyl sites for hydroxylation is 2. The Bertz CT molecular complexity index is 1180. The van der Waals surface area contributed by atoms with Gasteiger partial charge in [0.15, 0.2) is 5.58 Å². The van der Waals surface area contributed by atoms with Gasteiger partial charge in [0.2, 0.25) is 5.89 Å². The van der Waals surface area contributed by atoms with Crippen molar-refractivity contribution in [2.45, 2.75) is 20.3 Å². The fraction of sp³-hybridized carbons (Fsp3) is 0.167. The summed E-state index contributed by atoms with van der Waals surface area (Å²) in [6.07, 6.45) is 0.957. The zero-order chi connectivity index (χ0) is 20.4. The predicted octanol–water partition coefficient (Wildman–Crippen LogP) is 5.63. The van der Waals surface area contributed by atoms with Gasteiger partial charge in [0, 0.05) is 11.3 Å². The van der Waals surface area contributed by atoms with E-state index in [1.807, 2.05) is 55.5 Å². The lowest BCUT2D eigenvalue weighted by atomic mass is 10.1. The van der Waals surface area contributed by atoms with Crippen LogP contribution in [-0.4, -0.2) is 18.0 Å². The number of methoxy groups -OCH3 is 1. The average Bonchev–Trinajstić information content (AvgIpc) is 3.17. The lowest BCUT2D eigenvalue weighted by Gasteiger charge is -2.11. The number of para-hydroxylation sites is 1. The molecular formula is C24H22N2O3. The van der Waals surface area contributed by atoms with E-state index < -0.39 is 0 Å². The normalized spacial score (nSPS) is 10.9. The van der Waals surface area contributed by atoms with E-state index in [1.165, 1.54) is 5.56 Å². The molecular weight excluding hydrogens is 364 g/mol. The molecule has 0 atom stereocenters. The van der Waals surface area contributed by atoms with Gasteiger partial charge in [-0.25, -0.2) is 4.98 Å². The number of benzene rings is 3. The molecule has 0 fully saturated rings. The molecule has 5 heteroatoms. The second-order valence-electron chi connectivity index (χ2n) is 6.86. The maximum absolute atomic E-state index is 12.7. The Hall–Kier alpha value is -3.60. The molecule has 1 N–H and O–H groups in total. The topological polar surface area (TPSA) is 64.4 Å². The van der Waals surface area contributed by atoms with E-state index in [0.29, 0.717) is 22.9 Å². The van der Waals surface area contributed by atoms with E-state index in [-0.39, 0.29) is 5.91 Å². The Morgan fingerprint density at radius 1 is 1.10 bits per heavy atom. The first-order valence-corrected chi connectivity index (χ1v) is 9.54. The van der Waals surface area contributed by atoms with E-state index >= 15 is 0 Å². The fourth-order valence-corrected chi connectivity index (χ4v) is 3.31. The van der Waals surface area contributed by atoms with Crippen LogP contribution < -0.4 is 10.1 Å². The molecule has 5 nitrogen and oxygen atoms in total. The summed E-state index contributed by atoms with van der Waals surface area (Å²) in [7, 11) is 1.57. The van der Waals surface area contributed by atoms with Crippen LogP contribution in [0.5, 0.6) is 5.75 Å². The van der Waals surface area contributed by atoms with Crippen LogP contribution in [0.25, 0.3) is 22.6 Å². The molecule has 0 aliphatic carbocycles. The second kappa shape index (κ2) is 7.80. The Morgan fingerprint density at radius 2 is 1.90 bits per heavy atom. The van der Waals surface area contributed by atoms with Crippen molar-refractivity contribution >= 4 is 22.7 Å². The van der Waals surface area contributed by atoms with Crippen LogP contribution in [0.1, 0.15) is 28.4 Å². The molecule has 1 amide bonds. The van der Waals surface area contributed by atoms with Crippen molar-refractivity contribution in [1.82, 2.24) is 4.98 Å². The van der Waals surface area contributed by atoms with Crippen LogP contribution in [0.15, 0.2) is 65.1 Å². The molecule has 0 radical (unpaired) electrons. The van der Waals surface area contributed by atoms with Crippen LogP contribution >= 0.6 is 0 Å². The lowest BCUT2D eigenvalue weighted by Crippen LogP contribution is -2.13. The zero-order valence-electron chi connectivity index (χ0n) is 16.7. The van der Waals surface area contributed by atoms with E-state index in [2.05, 4.69) is 23.3 Å². The molecule has 1 heterocycles. The van der Waals surface area contributed by atoms with Gasteiger partial charge < -0.3 is 14.5 Å². The maximum Gasteiger partial charge on any atom is 0.259 e. The predicted molar refractivity (Wildman–Crippen MR) is 115 cm³/mol. The highest BCUT2D eigenvalue weighted by Crippen LogP contribution is 2.27. The summed E-state index contributed by atoms with van der Waals surface area (Å²) in [5.41, 5.74) is 5.79. The highest BCUT2D eigenvalue weighted by molar-refractivity contribution is 6.06. The van der Waals surface area contributed by atoms with E-state index in [1.54, 1.807) is 13.2 Å². The summed E-state index contributed by atoms with van der Waals surface area (Å²) < 4.78 is 11.2. The minimum absolute atomic E-state index is 0.216. The summed E-state index contributed by atoms with van der Waals surface area (Å²) in [6.45, 7) is 4.02. The van der Waals surface area contributed by atoms with Crippen LogP contribution in [0.3, 0.4) is 0 Å². The van der Waals surface area contributed by atoms with Crippen LogP contribution in [0.2, 0.25) is 0 Å². The zero-order valence-corrected chi connectivity index (χ0v) is 16.7. The highest BCUT2D eigenvalue weighted by atomic mass is 16.5. The Labute approximate surface area is 169 Å². The number of rotatable bonds is 5. The number of oxazole rings is 1. The van der Waals surface area contributed by atoms with Crippen molar-refractivity contribution in [2.24, 2.45) is 0 Å². The summed E-state index contributed by atoms with van der Waals surface area (Å²) in [4.78, 5) is 17.2. The first-order valence-electron chi connectivity index (χ1n) is 9.54. The Kier molecular flexibility index (Phi) is 5.04. The van der Waals surface area contributed by atoms with Crippen molar-refractivity contribution in [3.63, 3.8) is 0 Å². The SMILES string of the molecule is CCc1ccc2oc(-c3ccc(NC(=O)c4cccc(C)c4OC)cc3)nc2c1. The van der Waals surface area contributed by atoms with Crippen molar-refractivity contribution in [3.8, 4) is 17.2 Å². The molecule has 0 saturated heterocycles. The molecule has 0 aliphatic rings. The number of amides is 1. The van der Waals surface area contributed by atoms with Crippen LogP contribution in [0.4, 0.5) is 5.69 Å². The summed E-state index contributed by atoms with van der Waals surface area (Å²) >= 11 is 0. The van der Waals surface area contributed by atoms with Gasteiger partial charge in [0.05, 0.1) is 12.7 Å². The van der Waals surface area contributed by atoms with Gasteiger partial charge in [0.1, 0.15) is 11.3 Å². The number of hydrogen-bond donors (Lipinski definition) is 1. The summed E-state index contributed by atoms with van der Waals surface area (Å²) in [5, 5.41) is 2.91. The fourth-order valence-electron chi connectivity index (χ4n) is 3.31. The molecule has 4 aromatic rings. The average molecular weight is 386 g/mol. The number of ether oxygens (including phenoxy) is 1. The van der Waals surface area contributed by atoms with Crippen molar-refractivity contribution in [2.75, 3.05) is 12.4 Å². The van der Waals surface area contributed by atoms with E-state index in [0.717, 1.165) is 28.6 Å². The standard InChI is InChI=1S/C24H22N2O3/c1-4-16-8-13-21-20(14-16)26-24(29-21)17-9-11-18(12-10-17)25-23(27)19-7-5-6-15(2)22(19)28-3/h5-14H,4H2,1-3H3,(H,25,27). The minimum atomic E-state index is -0.216. The van der Waals surface area contributed by atoms with Crippen molar-refractivity contribution in [3.05, 3.63) is 77.4 Å². The first kappa shape index (κ1) is 18.7.